The summed E-state index contributed by atoms with van der Waals surface area (Å²) in [6, 6.07) is 15.5. The first-order valence-corrected chi connectivity index (χ1v) is 11.2. The van der Waals surface area contributed by atoms with Gasteiger partial charge in [-0.3, -0.25) is 9.59 Å². The molecule has 0 fully saturated rings. The molecule has 0 spiro atoms. The van der Waals surface area contributed by atoms with Crippen LogP contribution in [0.1, 0.15) is 37.3 Å². The monoisotopic (exact) mass is 448 g/mol. The smallest absolute Gasteiger partial charge is 0.407 e. The molecule has 0 radical (unpaired) electrons. The molecule has 7 nitrogen and oxygen atoms in total. The molecular weight excluding hydrogens is 420 g/mol. The number of hydrogen-bond acceptors (Lipinski definition) is 4. The van der Waals surface area contributed by atoms with Crippen molar-refractivity contribution in [1.82, 2.24) is 10.6 Å². The van der Waals surface area contributed by atoms with Gasteiger partial charge in [0.2, 0.25) is 5.91 Å². The fraction of sp³-hybridized carbons (Fsp3) is 0.346. The number of carboxylic acid groups (broad SMARTS) is 1. The van der Waals surface area contributed by atoms with E-state index in [2.05, 4.69) is 34.9 Å². The summed E-state index contributed by atoms with van der Waals surface area (Å²) in [7, 11) is 0. The Balaban J connectivity index is 1.30. The standard InChI is InChI=1S/C26H28N2O5/c1-15(24(29)28-18-12-11-17(13-18)25(30)31)16(2)27-26(32)33-14-23-21-9-5-3-7-19(21)20-8-4-6-10-22(20)23/h3-12,15-18,23H,13-14H2,1-2H3,(H,27,32)(H,28,29)(H,30,31). The molecule has 3 N–H and O–H groups in total. The lowest BCUT2D eigenvalue weighted by Crippen LogP contribution is -2.46. The fourth-order valence-electron chi connectivity index (χ4n) is 4.48. The third-order valence-electron chi connectivity index (χ3n) is 6.58. The van der Waals surface area contributed by atoms with Gasteiger partial charge in [0.25, 0.3) is 0 Å². The number of rotatable bonds is 7. The summed E-state index contributed by atoms with van der Waals surface area (Å²) in [6.45, 7) is 3.67. The van der Waals surface area contributed by atoms with E-state index < -0.39 is 29.9 Å². The van der Waals surface area contributed by atoms with Crippen LogP contribution in [0, 0.1) is 11.8 Å². The van der Waals surface area contributed by atoms with Crippen molar-refractivity contribution in [3.8, 4) is 11.1 Å². The number of hydrogen-bond donors (Lipinski definition) is 3. The summed E-state index contributed by atoms with van der Waals surface area (Å²) in [5, 5.41) is 14.7. The molecule has 0 aliphatic heterocycles. The number of carbonyl (C=O) groups is 3. The van der Waals surface area contributed by atoms with Crippen molar-refractivity contribution in [3.63, 3.8) is 0 Å². The maximum Gasteiger partial charge on any atom is 0.407 e. The van der Waals surface area contributed by atoms with Crippen LogP contribution in [0.25, 0.3) is 11.1 Å². The van der Waals surface area contributed by atoms with Gasteiger partial charge in [-0.1, -0.05) is 67.6 Å². The first-order chi connectivity index (χ1) is 15.8. The second-order valence-electron chi connectivity index (χ2n) is 8.73. The second kappa shape index (κ2) is 9.48. The van der Waals surface area contributed by atoms with Gasteiger partial charge in [0.05, 0.1) is 11.8 Å². The molecule has 172 valence electrons. The van der Waals surface area contributed by atoms with Crippen molar-refractivity contribution in [1.29, 1.82) is 0 Å². The van der Waals surface area contributed by atoms with E-state index in [4.69, 9.17) is 9.84 Å². The molecule has 0 aromatic heterocycles. The Kier molecular flexibility index (Phi) is 6.49. The molecule has 7 heteroatoms. The van der Waals surface area contributed by atoms with Crippen LogP contribution in [-0.4, -0.2) is 41.8 Å². The molecule has 2 aliphatic rings. The number of alkyl carbamates (subject to hydrolysis) is 1. The molecule has 4 rings (SSSR count). The molecule has 0 heterocycles. The fourth-order valence-corrected chi connectivity index (χ4v) is 4.48. The highest BCUT2D eigenvalue weighted by molar-refractivity contribution is 5.81. The van der Waals surface area contributed by atoms with E-state index in [9.17, 15) is 14.4 Å². The minimum Gasteiger partial charge on any atom is -0.481 e. The first-order valence-electron chi connectivity index (χ1n) is 11.2. The Morgan fingerprint density at radius 1 is 1.00 bits per heavy atom. The van der Waals surface area contributed by atoms with Gasteiger partial charge in [0, 0.05) is 18.0 Å². The summed E-state index contributed by atoms with van der Waals surface area (Å²) in [6.07, 6.45) is 3.06. The van der Waals surface area contributed by atoms with Crippen molar-refractivity contribution in [2.24, 2.45) is 11.8 Å². The van der Waals surface area contributed by atoms with Crippen molar-refractivity contribution in [2.45, 2.75) is 38.3 Å². The van der Waals surface area contributed by atoms with Gasteiger partial charge in [-0.2, -0.15) is 0 Å². The number of fused-ring (bicyclic) bond motifs is 3. The summed E-state index contributed by atoms with van der Waals surface area (Å²) >= 11 is 0. The molecule has 4 unspecified atom stereocenters. The third kappa shape index (κ3) is 4.77. The molecular formula is C26H28N2O5. The number of benzene rings is 2. The van der Waals surface area contributed by atoms with Gasteiger partial charge >= 0.3 is 12.1 Å². The summed E-state index contributed by atoms with van der Waals surface area (Å²) in [5.74, 6) is -2.27. The highest BCUT2D eigenvalue weighted by Crippen LogP contribution is 2.44. The van der Waals surface area contributed by atoms with Crippen LogP contribution in [0.2, 0.25) is 0 Å². The van der Waals surface area contributed by atoms with Crippen molar-refractivity contribution in [2.75, 3.05) is 6.61 Å². The van der Waals surface area contributed by atoms with E-state index in [0.717, 1.165) is 22.3 Å². The number of amides is 2. The summed E-state index contributed by atoms with van der Waals surface area (Å²) < 4.78 is 5.56. The highest BCUT2D eigenvalue weighted by atomic mass is 16.5. The largest absolute Gasteiger partial charge is 0.481 e. The second-order valence-corrected chi connectivity index (χ2v) is 8.73. The molecule has 0 bridgehead atoms. The first kappa shape index (κ1) is 22.6. The van der Waals surface area contributed by atoms with E-state index in [1.165, 1.54) is 0 Å². The predicted molar refractivity (Wildman–Crippen MR) is 124 cm³/mol. The number of carbonyl (C=O) groups excluding carboxylic acids is 2. The quantitative estimate of drug-likeness (QED) is 0.561. The zero-order chi connectivity index (χ0) is 23.5. The maximum atomic E-state index is 12.6. The molecule has 2 aromatic carbocycles. The summed E-state index contributed by atoms with van der Waals surface area (Å²) in [5.41, 5.74) is 4.59. The molecule has 4 atom stereocenters. The van der Waals surface area contributed by atoms with Crippen LogP contribution in [0.4, 0.5) is 4.79 Å². The van der Waals surface area contributed by atoms with Crippen LogP contribution in [0.3, 0.4) is 0 Å². The maximum absolute atomic E-state index is 12.6. The Bertz CT molecular complexity index is 1050. The zero-order valence-electron chi connectivity index (χ0n) is 18.7. The minimum atomic E-state index is -0.902. The number of nitrogens with one attached hydrogen (secondary N) is 2. The Labute approximate surface area is 192 Å². The SMILES string of the molecule is CC(NC(=O)OCC1c2ccccc2-c2ccccc21)C(C)C(=O)NC1C=CC(C(=O)O)C1. The van der Waals surface area contributed by atoms with E-state index in [0.29, 0.717) is 6.42 Å². The van der Waals surface area contributed by atoms with Crippen molar-refractivity contribution in [3.05, 3.63) is 71.8 Å². The van der Waals surface area contributed by atoms with Gasteiger partial charge < -0.3 is 20.5 Å². The van der Waals surface area contributed by atoms with Crippen LogP contribution in [0.5, 0.6) is 0 Å². The Morgan fingerprint density at radius 3 is 2.18 bits per heavy atom. The molecule has 33 heavy (non-hydrogen) atoms. The van der Waals surface area contributed by atoms with Gasteiger partial charge in [-0.25, -0.2) is 4.79 Å². The Hall–Kier alpha value is -3.61. The van der Waals surface area contributed by atoms with E-state index in [-0.39, 0.29) is 24.5 Å². The third-order valence-corrected chi connectivity index (χ3v) is 6.58. The van der Waals surface area contributed by atoms with E-state index in [1.807, 2.05) is 24.3 Å². The van der Waals surface area contributed by atoms with Gasteiger partial charge in [0.15, 0.2) is 0 Å². The lowest BCUT2D eigenvalue weighted by molar-refractivity contribution is -0.140. The van der Waals surface area contributed by atoms with Gasteiger partial charge in [-0.05, 0) is 35.6 Å². The molecule has 2 aliphatic carbocycles. The molecule has 2 amide bonds. The van der Waals surface area contributed by atoms with E-state index >= 15 is 0 Å². The highest BCUT2D eigenvalue weighted by Gasteiger charge is 2.31. The number of aliphatic carboxylic acids is 1. The normalized spacial score (nSPS) is 20.4. The van der Waals surface area contributed by atoms with Crippen molar-refractivity contribution >= 4 is 18.0 Å². The summed E-state index contributed by atoms with van der Waals surface area (Å²) in [4.78, 5) is 36.1. The van der Waals surface area contributed by atoms with E-state index in [1.54, 1.807) is 26.0 Å². The minimum absolute atomic E-state index is 0.0319. The zero-order valence-corrected chi connectivity index (χ0v) is 18.7. The van der Waals surface area contributed by atoms with Crippen LogP contribution in [-0.2, 0) is 14.3 Å². The van der Waals surface area contributed by atoms with Gasteiger partial charge in [-0.15, -0.1) is 0 Å². The molecule has 0 saturated heterocycles. The van der Waals surface area contributed by atoms with Gasteiger partial charge in [0.1, 0.15) is 6.61 Å². The average Bonchev–Trinajstić information content (AvgIpc) is 3.40. The average molecular weight is 449 g/mol. The number of ether oxygens (including phenoxy) is 1. The molecule has 2 aromatic rings. The lowest BCUT2D eigenvalue weighted by Gasteiger charge is -2.23. The predicted octanol–water partition coefficient (Wildman–Crippen LogP) is 3.70. The Morgan fingerprint density at radius 2 is 1.61 bits per heavy atom. The lowest BCUT2D eigenvalue weighted by atomic mass is 9.98. The topological polar surface area (TPSA) is 105 Å². The van der Waals surface area contributed by atoms with Crippen LogP contribution < -0.4 is 10.6 Å². The van der Waals surface area contributed by atoms with Crippen molar-refractivity contribution < 1.29 is 24.2 Å². The van der Waals surface area contributed by atoms with Crippen LogP contribution >= 0.6 is 0 Å². The number of carboxylic acids is 1. The van der Waals surface area contributed by atoms with Crippen LogP contribution in [0.15, 0.2) is 60.7 Å². The molecule has 0 saturated carbocycles.